The van der Waals surface area contributed by atoms with Crippen molar-refractivity contribution < 1.29 is 57.6 Å². The Kier molecular flexibility index (Phi) is 16.3. The summed E-state index contributed by atoms with van der Waals surface area (Å²) in [5, 5.41) is 31.7. The van der Waals surface area contributed by atoms with Crippen LogP contribution >= 0.6 is 11.6 Å². The maximum absolute atomic E-state index is 13.0. The fourth-order valence-corrected chi connectivity index (χ4v) is 4.87. The van der Waals surface area contributed by atoms with Crippen molar-refractivity contribution in [2.45, 2.75) is 6.18 Å². The molecule has 49 heavy (non-hydrogen) atoms. The molecule has 2 heterocycles. The highest BCUT2D eigenvalue weighted by atomic mass is 35.5. The number of carboxylic acid groups (broad SMARTS) is 4. The minimum atomic E-state index is -4.32. The van der Waals surface area contributed by atoms with Gasteiger partial charge in [-0.25, -0.2) is 19.2 Å². The smallest absolute Gasteiger partial charge is 0.416 e. The lowest BCUT2D eigenvalue weighted by molar-refractivity contribution is -0.137. The molecule has 2 aromatic carbocycles. The molecule has 17 heteroatoms. The van der Waals surface area contributed by atoms with Crippen molar-refractivity contribution in [2.75, 3.05) is 70.3 Å². The van der Waals surface area contributed by atoms with Gasteiger partial charge in [0.1, 0.15) is 0 Å². The van der Waals surface area contributed by atoms with Crippen LogP contribution in [0.4, 0.5) is 18.9 Å². The monoisotopic (exact) mass is 712 g/mol. The highest BCUT2D eigenvalue weighted by Gasteiger charge is 2.31. The standard InChI is InChI=1S/C24H28ClF3N4O.2C4H4O4/c25-22-7-2-1-6-21(22)23(33)32-16-12-30(13-17-32)9-8-29-10-14-31(15-11-29)20-5-3-4-19(18-20)24(26,27)28;2*5-3(6)1-2-4(7)8/h1-7,18H,8-17H2;2*1-2H,(H,5,6)(H,7,8)/b;2*2-1+. The summed E-state index contributed by atoms with van der Waals surface area (Å²) in [6.07, 6.45) is -2.09. The van der Waals surface area contributed by atoms with Gasteiger partial charge in [-0.3, -0.25) is 14.6 Å². The minimum absolute atomic E-state index is 0.0223. The van der Waals surface area contributed by atoms with E-state index in [0.29, 0.717) is 66.8 Å². The van der Waals surface area contributed by atoms with Gasteiger partial charge < -0.3 is 30.2 Å². The number of anilines is 1. The van der Waals surface area contributed by atoms with Crippen LogP contribution in [-0.4, -0.2) is 130 Å². The molecule has 2 aliphatic rings. The van der Waals surface area contributed by atoms with Crippen LogP contribution in [0.5, 0.6) is 0 Å². The molecule has 0 aromatic heterocycles. The maximum atomic E-state index is 13.0. The van der Waals surface area contributed by atoms with Gasteiger partial charge in [0.15, 0.2) is 0 Å². The molecule has 266 valence electrons. The molecule has 2 aromatic rings. The van der Waals surface area contributed by atoms with Crippen molar-refractivity contribution in [3.8, 4) is 0 Å². The van der Waals surface area contributed by atoms with Gasteiger partial charge in [-0.15, -0.1) is 0 Å². The number of halogens is 4. The van der Waals surface area contributed by atoms with E-state index in [1.165, 1.54) is 12.1 Å². The Balaban J connectivity index is 0.000000432. The fraction of sp³-hybridized carbons (Fsp3) is 0.344. The molecule has 13 nitrogen and oxygen atoms in total. The lowest BCUT2D eigenvalue weighted by Crippen LogP contribution is -2.52. The van der Waals surface area contributed by atoms with Crippen LogP contribution < -0.4 is 4.90 Å². The zero-order valence-electron chi connectivity index (χ0n) is 26.1. The Morgan fingerprint density at radius 3 is 1.53 bits per heavy atom. The van der Waals surface area contributed by atoms with Crippen molar-refractivity contribution in [2.24, 2.45) is 0 Å². The fourth-order valence-electron chi connectivity index (χ4n) is 4.66. The third-order valence-corrected chi connectivity index (χ3v) is 7.47. The molecule has 2 fully saturated rings. The van der Waals surface area contributed by atoms with E-state index in [-0.39, 0.29) is 5.91 Å². The SMILES string of the molecule is O=C(O)/C=C/C(=O)O.O=C(O)/C=C/C(=O)O.O=C(c1ccccc1Cl)N1CCN(CCN2CCN(c3cccc(C(F)(F)F)c3)CC2)CC1. The number of benzene rings is 2. The largest absolute Gasteiger partial charge is 0.478 e. The topological polar surface area (TPSA) is 179 Å². The summed E-state index contributed by atoms with van der Waals surface area (Å²) in [5.74, 6) is -5.05. The number of carbonyl (C=O) groups is 5. The van der Waals surface area contributed by atoms with Gasteiger partial charge in [-0.05, 0) is 30.3 Å². The van der Waals surface area contributed by atoms with Crippen molar-refractivity contribution >= 4 is 47.1 Å². The van der Waals surface area contributed by atoms with E-state index >= 15 is 0 Å². The number of amides is 1. The molecular weight excluding hydrogens is 677 g/mol. The molecule has 0 unspecified atom stereocenters. The van der Waals surface area contributed by atoms with Crippen molar-refractivity contribution in [1.82, 2.24) is 14.7 Å². The van der Waals surface area contributed by atoms with Crippen LogP contribution in [0.3, 0.4) is 0 Å². The molecule has 0 radical (unpaired) electrons. The predicted octanol–water partition coefficient (Wildman–Crippen LogP) is 3.36. The highest BCUT2D eigenvalue weighted by molar-refractivity contribution is 6.33. The summed E-state index contributed by atoms with van der Waals surface area (Å²) in [6.45, 7) is 7.87. The molecular formula is C32H36ClF3N4O9. The van der Waals surface area contributed by atoms with E-state index in [1.54, 1.807) is 18.2 Å². The molecule has 0 spiro atoms. The third kappa shape index (κ3) is 15.2. The highest BCUT2D eigenvalue weighted by Crippen LogP contribution is 2.32. The Labute approximate surface area is 284 Å². The van der Waals surface area contributed by atoms with Crippen LogP contribution in [0.15, 0.2) is 72.8 Å². The van der Waals surface area contributed by atoms with Gasteiger partial charge in [0.25, 0.3) is 5.91 Å². The number of hydrogen-bond acceptors (Lipinski definition) is 8. The lowest BCUT2D eigenvalue weighted by atomic mass is 10.1. The van der Waals surface area contributed by atoms with Crippen LogP contribution in [0.2, 0.25) is 5.02 Å². The minimum Gasteiger partial charge on any atom is -0.478 e. The van der Waals surface area contributed by atoms with E-state index in [0.717, 1.165) is 45.3 Å². The van der Waals surface area contributed by atoms with Gasteiger partial charge in [-0.2, -0.15) is 13.2 Å². The van der Waals surface area contributed by atoms with E-state index in [4.69, 9.17) is 32.0 Å². The van der Waals surface area contributed by atoms with Crippen molar-refractivity contribution in [3.63, 3.8) is 0 Å². The van der Waals surface area contributed by atoms with Gasteiger partial charge in [-0.1, -0.05) is 29.8 Å². The van der Waals surface area contributed by atoms with Crippen LogP contribution in [0.25, 0.3) is 0 Å². The van der Waals surface area contributed by atoms with E-state index < -0.39 is 35.6 Å². The molecule has 0 saturated carbocycles. The first-order chi connectivity index (χ1) is 23.1. The second kappa shape index (κ2) is 19.8. The van der Waals surface area contributed by atoms with Crippen LogP contribution in [0.1, 0.15) is 15.9 Å². The van der Waals surface area contributed by atoms with Crippen molar-refractivity contribution in [1.29, 1.82) is 0 Å². The zero-order valence-corrected chi connectivity index (χ0v) is 26.9. The first-order valence-electron chi connectivity index (χ1n) is 14.8. The van der Waals surface area contributed by atoms with E-state index in [2.05, 4.69) is 9.80 Å². The Hall–Kier alpha value is -4.93. The van der Waals surface area contributed by atoms with E-state index in [9.17, 15) is 37.1 Å². The van der Waals surface area contributed by atoms with Crippen LogP contribution in [-0.2, 0) is 25.4 Å². The molecule has 1 amide bonds. The molecule has 4 rings (SSSR count). The molecule has 0 bridgehead atoms. The van der Waals surface area contributed by atoms with E-state index in [1.807, 2.05) is 21.9 Å². The van der Waals surface area contributed by atoms with Crippen LogP contribution in [0, 0.1) is 0 Å². The summed E-state index contributed by atoms with van der Waals surface area (Å²) in [7, 11) is 0. The second-order valence-corrected chi connectivity index (χ2v) is 10.9. The number of aliphatic carboxylic acids is 4. The Morgan fingerprint density at radius 2 is 1.10 bits per heavy atom. The normalized spacial score (nSPS) is 15.6. The molecule has 2 aliphatic heterocycles. The van der Waals surface area contributed by atoms with Gasteiger partial charge >= 0.3 is 30.1 Å². The van der Waals surface area contributed by atoms with Gasteiger partial charge in [0.05, 0.1) is 16.1 Å². The lowest BCUT2D eigenvalue weighted by Gasteiger charge is -2.39. The summed E-state index contributed by atoms with van der Waals surface area (Å²) in [6, 6.07) is 12.7. The molecule has 4 N–H and O–H groups in total. The number of alkyl halides is 3. The third-order valence-electron chi connectivity index (χ3n) is 7.14. The number of carboxylic acids is 4. The summed E-state index contributed by atoms with van der Waals surface area (Å²) >= 11 is 6.16. The summed E-state index contributed by atoms with van der Waals surface area (Å²) < 4.78 is 39.0. The molecule has 0 atom stereocenters. The Morgan fingerprint density at radius 1 is 0.653 bits per heavy atom. The average Bonchev–Trinajstić information content (AvgIpc) is 3.06. The predicted molar refractivity (Wildman–Crippen MR) is 173 cm³/mol. The summed E-state index contributed by atoms with van der Waals surface area (Å²) in [5.41, 5.74) is 0.574. The van der Waals surface area contributed by atoms with Gasteiger partial charge in [0, 0.05) is 95.4 Å². The number of carbonyl (C=O) groups excluding carboxylic acids is 1. The quantitative estimate of drug-likeness (QED) is 0.279. The number of rotatable bonds is 9. The average molecular weight is 713 g/mol. The maximum Gasteiger partial charge on any atom is 0.416 e. The molecule has 0 aliphatic carbocycles. The number of hydrogen-bond donors (Lipinski definition) is 4. The number of nitrogens with zero attached hydrogens (tertiary/aromatic N) is 4. The number of piperazine rings is 2. The molecule has 2 saturated heterocycles. The first-order valence-corrected chi connectivity index (χ1v) is 15.1. The zero-order chi connectivity index (χ0) is 36.6. The first kappa shape index (κ1) is 40.2. The van der Waals surface area contributed by atoms with Crippen molar-refractivity contribution in [3.05, 3.63) is 89.0 Å². The Bertz CT molecular complexity index is 1440. The second-order valence-electron chi connectivity index (χ2n) is 10.5. The summed E-state index contributed by atoms with van der Waals surface area (Å²) in [4.78, 5) is 59.5. The van der Waals surface area contributed by atoms with Gasteiger partial charge in [0.2, 0.25) is 0 Å².